The molecule has 0 saturated carbocycles. The Labute approximate surface area is 183 Å². The molecule has 1 aliphatic rings. The minimum atomic E-state index is -1.49. The fourth-order valence-electron chi connectivity index (χ4n) is 3.71. The van der Waals surface area contributed by atoms with E-state index in [-0.39, 0.29) is 5.75 Å². The fraction of sp³-hybridized carbons (Fsp3) is 0.364. The Kier molecular flexibility index (Phi) is 6.42. The summed E-state index contributed by atoms with van der Waals surface area (Å²) in [6.07, 6.45) is -4.69. The number of phenolic OH excluding ortho intramolecular Hbond substituents is 1. The Balaban J connectivity index is 1.72. The SMILES string of the molecule is CCOc1ccc(Sc2cn([C@@H]3O[C@H](CO)[C@@H](O)[C@H](O)[C@H]3O)c3cc(O)ccc23)cc1. The average molecular weight is 448 g/mol. The molecule has 1 aromatic heterocycles. The molecule has 1 fully saturated rings. The maximum absolute atomic E-state index is 10.6. The molecule has 3 aromatic rings. The predicted molar refractivity (Wildman–Crippen MR) is 114 cm³/mol. The number of nitrogens with zero attached hydrogens (tertiary/aromatic N) is 1. The monoisotopic (exact) mass is 447 g/mol. The van der Waals surface area contributed by atoms with Crippen LogP contribution >= 0.6 is 11.8 Å². The summed E-state index contributed by atoms with van der Waals surface area (Å²) in [5.41, 5.74) is 0.581. The Hall–Kier alpha value is -2.27. The molecule has 0 spiro atoms. The van der Waals surface area contributed by atoms with Gasteiger partial charge in [0.05, 0.1) is 18.7 Å². The van der Waals surface area contributed by atoms with Crippen molar-refractivity contribution >= 4 is 22.7 Å². The molecule has 8 nitrogen and oxygen atoms in total. The van der Waals surface area contributed by atoms with E-state index in [1.165, 1.54) is 11.8 Å². The van der Waals surface area contributed by atoms with Crippen LogP contribution in [0.2, 0.25) is 0 Å². The van der Waals surface area contributed by atoms with Crippen LogP contribution in [0.3, 0.4) is 0 Å². The number of aliphatic hydroxyl groups is 4. The highest BCUT2D eigenvalue weighted by molar-refractivity contribution is 7.99. The highest BCUT2D eigenvalue weighted by Crippen LogP contribution is 2.40. The van der Waals surface area contributed by atoms with Gasteiger partial charge in [0.2, 0.25) is 0 Å². The van der Waals surface area contributed by atoms with Crippen LogP contribution < -0.4 is 4.74 Å². The zero-order valence-electron chi connectivity index (χ0n) is 16.8. The summed E-state index contributed by atoms with van der Waals surface area (Å²) in [5, 5.41) is 51.2. The van der Waals surface area contributed by atoms with Gasteiger partial charge < -0.3 is 39.6 Å². The van der Waals surface area contributed by atoms with Crippen LogP contribution in [0, 0.1) is 0 Å². The van der Waals surface area contributed by atoms with Crippen LogP contribution in [-0.4, -0.2) is 67.7 Å². The van der Waals surface area contributed by atoms with Gasteiger partial charge in [-0.05, 0) is 43.3 Å². The van der Waals surface area contributed by atoms with Crippen molar-refractivity contribution < 1.29 is 35.0 Å². The lowest BCUT2D eigenvalue weighted by Gasteiger charge is -2.40. The molecular weight excluding hydrogens is 422 g/mol. The number of hydrogen-bond acceptors (Lipinski definition) is 8. The van der Waals surface area contributed by atoms with Gasteiger partial charge in [0.15, 0.2) is 6.23 Å². The Bertz CT molecular complexity index is 1040. The third kappa shape index (κ3) is 4.25. The molecule has 1 saturated heterocycles. The van der Waals surface area contributed by atoms with Gasteiger partial charge in [0, 0.05) is 27.4 Å². The zero-order chi connectivity index (χ0) is 22.1. The van der Waals surface area contributed by atoms with E-state index >= 15 is 0 Å². The minimum absolute atomic E-state index is 0.0362. The maximum atomic E-state index is 10.6. The van der Waals surface area contributed by atoms with Gasteiger partial charge >= 0.3 is 0 Å². The highest BCUT2D eigenvalue weighted by Gasteiger charge is 2.44. The summed E-state index contributed by atoms with van der Waals surface area (Å²) >= 11 is 1.49. The third-order valence-electron chi connectivity index (χ3n) is 5.29. The topological polar surface area (TPSA) is 125 Å². The Morgan fingerprint density at radius 1 is 1.03 bits per heavy atom. The number of fused-ring (bicyclic) bond motifs is 1. The van der Waals surface area contributed by atoms with Crippen molar-refractivity contribution in [2.75, 3.05) is 13.2 Å². The van der Waals surface area contributed by atoms with E-state index in [4.69, 9.17) is 9.47 Å². The van der Waals surface area contributed by atoms with Crippen molar-refractivity contribution in [3.8, 4) is 11.5 Å². The standard InChI is InChI=1S/C22H25NO7S/c1-2-29-13-4-6-14(7-5-13)31-18-10-23(16-9-12(25)3-8-15(16)18)22-21(28)20(27)19(26)17(11-24)30-22/h3-10,17,19-22,24-28H,2,11H2,1H3/t17-,19-,20+,21-,22-/m1/s1. The van der Waals surface area contributed by atoms with Gasteiger partial charge in [-0.3, -0.25) is 0 Å². The number of ether oxygens (including phenoxy) is 2. The van der Waals surface area contributed by atoms with Crippen LogP contribution in [0.1, 0.15) is 13.2 Å². The van der Waals surface area contributed by atoms with Gasteiger partial charge in [-0.2, -0.15) is 0 Å². The number of hydrogen-bond donors (Lipinski definition) is 5. The average Bonchev–Trinajstić information content (AvgIpc) is 3.11. The predicted octanol–water partition coefficient (Wildman–Crippen LogP) is 1.87. The number of aliphatic hydroxyl groups excluding tert-OH is 4. The fourth-order valence-corrected chi connectivity index (χ4v) is 4.68. The number of aromatic nitrogens is 1. The molecule has 5 atom stereocenters. The molecule has 2 heterocycles. The summed E-state index contributed by atoms with van der Waals surface area (Å²) in [4.78, 5) is 1.81. The van der Waals surface area contributed by atoms with Crippen LogP contribution in [0.4, 0.5) is 0 Å². The van der Waals surface area contributed by atoms with E-state index in [1.54, 1.807) is 29.0 Å². The van der Waals surface area contributed by atoms with E-state index in [1.807, 2.05) is 31.2 Å². The molecule has 4 rings (SSSR count). The number of phenols is 1. The van der Waals surface area contributed by atoms with Crippen LogP contribution in [0.15, 0.2) is 58.5 Å². The second-order valence-corrected chi connectivity index (χ2v) is 8.44. The largest absolute Gasteiger partial charge is 0.508 e. The van der Waals surface area contributed by atoms with E-state index in [2.05, 4.69) is 0 Å². The lowest BCUT2D eigenvalue weighted by molar-refractivity contribution is -0.250. The van der Waals surface area contributed by atoms with Gasteiger partial charge in [-0.15, -0.1) is 0 Å². The van der Waals surface area contributed by atoms with Crippen LogP contribution in [-0.2, 0) is 4.74 Å². The first kappa shape index (κ1) is 21.9. The van der Waals surface area contributed by atoms with E-state index < -0.39 is 37.3 Å². The van der Waals surface area contributed by atoms with Gasteiger partial charge in [0.1, 0.15) is 35.9 Å². The third-order valence-corrected chi connectivity index (χ3v) is 6.34. The first-order chi connectivity index (χ1) is 14.9. The van der Waals surface area contributed by atoms with E-state index in [0.717, 1.165) is 20.9 Å². The summed E-state index contributed by atoms with van der Waals surface area (Å²) in [5.74, 6) is 0.814. The molecule has 0 radical (unpaired) electrons. The van der Waals surface area contributed by atoms with Crippen LogP contribution in [0.25, 0.3) is 10.9 Å². The molecule has 166 valence electrons. The molecule has 0 aliphatic carbocycles. The minimum Gasteiger partial charge on any atom is -0.508 e. The zero-order valence-corrected chi connectivity index (χ0v) is 17.6. The molecule has 0 amide bonds. The van der Waals surface area contributed by atoms with E-state index in [9.17, 15) is 25.5 Å². The molecule has 1 aliphatic heterocycles. The first-order valence-electron chi connectivity index (χ1n) is 9.97. The number of aromatic hydroxyl groups is 1. The van der Waals surface area contributed by atoms with Crippen LogP contribution in [0.5, 0.6) is 11.5 Å². The molecule has 0 bridgehead atoms. The van der Waals surface area contributed by atoms with Gasteiger partial charge in [-0.25, -0.2) is 0 Å². The Morgan fingerprint density at radius 2 is 1.77 bits per heavy atom. The number of benzene rings is 2. The van der Waals surface area contributed by atoms with E-state index in [0.29, 0.717) is 12.1 Å². The van der Waals surface area contributed by atoms with Crippen molar-refractivity contribution in [3.63, 3.8) is 0 Å². The first-order valence-corrected chi connectivity index (χ1v) is 10.8. The highest BCUT2D eigenvalue weighted by atomic mass is 32.2. The lowest BCUT2D eigenvalue weighted by atomic mass is 9.98. The van der Waals surface area contributed by atoms with Gasteiger partial charge in [-0.1, -0.05) is 11.8 Å². The smallest absolute Gasteiger partial charge is 0.163 e. The number of rotatable bonds is 6. The Morgan fingerprint density at radius 3 is 2.45 bits per heavy atom. The molecule has 9 heteroatoms. The molecular formula is C22H25NO7S. The lowest BCUT2D eigenvalue weighted by Crippen LogP contribution is -2.56. The normalized spacial score (nSPS) is 26.3. The summed E-state index contributed by atoms with van der Waals surface area (Å²) in [6, 6.07) is 12.5. The molecule has 0 unspecified atom stereocenters. The quantitative estimate of drug-likeness (QED) is 0.388. The molecule has 31 heavy (non-hydrogen) atoms. The van der Waals surface area contributed by atoms with Crippen molar-refractivity contribution in [2.45, 2.75) is 47.4 Å². The summed E-state index contributed by atoms with van der Waals surface area (Å²) in [7, 11) is 0. The molecule has 5 N–H and O–H groups in total. The summed E-state index contributed by atoms with van der Waals surface area (Å²) in [6.45, 7) is 1.99. The van der Waals surface area contributed by atoms with Crippen molar-refractivity contribution in [1.29, 1.82) is 0 Å². The van der Waals surface area contributed by atoms with Crippen molar-refractivity contribution in [2.24, 2.45) is 0 Å². The second-order valence-electron chi connectivity index (χ2n) is 7.33. The van der Waals surface area contributed by atoms with Gasteiger partial charge in [0.25, 0.3) is 0 Å². The molecule has 2 aromatic carbocycles. The van der Waals surface area contributed by atoms with Crippen molar-refractivity contribution in [1.82, 2.24) is 4.57 Å². The summed E-state index contributed by atoms with van der Waals surface area (Å²) < 4.78 is 12.8. The van der Waals surface area contributed by atoms with Crippen molar-refractivity contribution in [3.05, 3.63) is 48.7 Å². The second kappa shape index (κ2) is 9.07. The maximum Gasteiger partial charge on any atom is 0.163 e.